The maximum atomic E-state index is 12.3. The molecule has 1 amide bonds. The predicted molar refractivity (Wildman–Crippen MR) is 130 cm³/mol. The van der Waals surface area contributed by atoms with Crippen molar-refractivity contribution >= 4 is 39.8 Å². The van der Waals surface area contributed by atoms with E-state index in [4.69, 9.17) is 0 Å². The van der Waals surface area contributed by atoms with Crippen LogP contribution in [0.3, 0.4) is 0 Å². The zero-order chi connectivity index (χ0) is 22.3. The maximum Gasteiger partial charge on any atom is 0.250 e. The van der Waals surface area contributed by atoms with Gasteiger partial charge in [0.2, 0.25) is 0 Å². The van der Waals surface area contributed by atoms with Crippen LogP contribution in [0.25, 0.3) is 17.1 Å². The molecule has 0 saturated carbocycles. The van der Waals surface area contributed by atoms with E-state index in [-0.39, 0.29) is 11.7 Å². The number of rotatable bonds is 7. The highest BCUT2D eigenvalue weighted by Gasteiger charge is 2.17. The summed E-state index contributed by atoms with van der Waals surface area (Å²) in [7, 11) is 0. The summed E-state index contributed by atoms with van der Waals surface area (Å²) in [6.45, 7) is 2.02. The monoisotopic (exact) mass is 506 g/mol. The second kappa shape index (κ2) is 10.3. The average molecular weight is 507 g/mol. The topological polar surface area (TPSA) is 85.1 Å². The zero-order valence-corrected chi connectivity index (χ0v) is 19.5. The number of nitrogens with zero attached hydrogens (tertiary/aromatic N) is 5. The number of thioether (sulfide) groups is 1. The molecule has 1 N–H and O–H groups in total. The predicted octanol–water partition coefficient (Wildman–Crippen LogP) is 4.64. The van der Waals surface area contributed by atoms with Gasteiger partial charge in [-0.25, -0.2) is 5.43 Å². The summed E-state index contributed by atoms with van der Waals surface area (Å²) in [6, 6.07) is 19.5. The van der Waals surface area contributed by atoms with Crippen LogP contribution in [-0.2, 0) is 4.79 Å². The van der Waals surface area contributed by atoms with Crippen LogP contribution < -0.4 is 5.43 Å². The highest BCUT2D eigenvalue weighted by molar-refractivity contribution is 9.10. The van der Waals surface area contributed by atoms with Gasteiger partial charge in [0.1, 0.15) is 0 Å². The Morgan fingerprint density at radius 2 is 1.78 bits per heavy atom. The number of aromatic nitrogens is 4. The molecule has 160 valence electrons. The summed E-state index contributed by atoms with van der Waals surface area (Å²) in [5, 5.41) is 13.3. The van der Waals surface area contributed by atoms with Crippen molar-refractivity contribution in [3.63, 3.8) is 0 Å². The molecule has 0 aliphatic carbocycles. The van der Waals surface area contributed by atoms with Gasteiger partial charge in [-0.2, -0.15) is 5.10 Å². The normalized spacial score (nSPS) is 11.1. The fraction of sp³-hybridized carbons (Fsp3) is 0.0870. The molecule has 0 atom stereocenters. The molecular weight excluding hydrogens is 488 g/mol. The summed E-state index contributed by atoms with van der Waals surface area (Å²) in [6.07, 6.45) is 5.04. The number of amides is 1. The van der Waals surface area contributed by atoms with Crippen molar-refractivity contribution in [2.24, 2.45) is 5.10 Å². The van der Waals surface area contributed by atoms with Crippen molar-refractivity contribution in [1.82, 2.24) is 25.2 Å². The fourth-order valence-electron chi connectivity index (χ4n) is 2.87. The first-order valence-electron chi connectivity index (χ1n) is 9.73. The van der Waals surface area contributed by atoms with E-state index >= 15 is 0 Å². The summed E-state index contributed by atoms with van der Waals surface area (Å²) in [5.74, 6) is 0.597. The molecule has 0 aliphatic heterocycles. The molecule has 2 heterocycles. The van der Waals surface area contributed by atoms with E-state index in [1.54, 1.807) is 18.6 Å². The Kier molecular flexibility index (Phi) is 7.08. The first-order valence-corrected chi connectivity index (χ1v) is 11.5. The SMILES string of the molecule is Cc1ccc(/C=N/NC(=O)CSc2nnc(-c3ccncc3)n2-c2ccc(Br)cc2)cc1. The molecule has 0 spiro atoms. The quantitative estimate of drug-likeness (QED) is 0.224. The molecule has 0 radical (unpaired) electrons. The maximum absolute atomic E-state index is 12.3. The number of aryl methyl sites for hydroxylation is 1. The van der Waals surface area contributed by atoms with Gasteiger partial charge in [0.15, 0.2) is 11.0 Å². The Balaban J connectivity index is 1.49. The highest BCUT2D eigenvalue weighted by atomic mass is 79.9. The van der Waals surface area contributed by atoms with Gasteiger partial charge in [0.05, 0.1) is 12.0 Å². The molecule has 32 heavy (non-hydrogen) atoms. The fourth-order valence-corrected chi connectivity index (χ4v) is 3.88. The molecule has 9 heteroatoms. The van der Waals surface area contributed by atoms with Crippen molar-refractivity contribution in [2.75, 3.05) is 5.75 Å². The van der Waals surface area contributed by atoms with Crippen molar-refractivity contribution in [2.45, 2.75) is 12.1 Å². The standard InChI is InChI=1S/C23H19BrN6OS/c1-16-2-4-17(5-3-16)14-26-27-21(31)15-32-23-29-28-22(18-10-12-25-13-11-18)30(23)20-8-6-19(24)7-9-20/h2-14H,15H2,1H3,(H,27,31)/b26-14+. The Labute approximate surface area is 198 Å². The number of halogens is 1. The summed E-state index contributed by atoms with van der Waals surface area (Å²) >= 11 is 4.76. The number of hydrazone groups is 1. The van der Waals surface area contributed by atoms with Crippen molar-refractivity contribution in [3.05, 3.63) is 88.7 Å². The molecule has 4 aromatic rings. The van der Waals surface area contributed by atoms with E-state index in [1.807, 2.05) is 72.2 Å². The van der Waals surface area contributed by atoms with Gasteiger partial charge in [-0.3, -0.25) is 14.3 Å². The van der Waals surface area contributed by atoms with Crippen LogP contribution in [0.5, 0.6) is 0 Å². The minimum atomic E-state index is -0.228. The lowest BCUT2D eigenvalue weighted by Crippen LogP contribution is -2.20. The largest absolute Gasteiger partial charge is 0.272 e. The van der Waals surface area contributed by atoms with Gasteiger partial charge in [-0.05, 0) is 48.9 Å². The number of carbonyl (C=O) groups excluding carboxylic acids is 1. The number of pyridine rings is 1. The average Bonchev–Trinajstić information content (AvgIpc) is 3.24. The van der Waals surface area contributed by atoms with Crippen LogP contribution in [0.4, 0.5) is 0 Å². The third kappa shape index (κ3) is 5.49. The van der Waals surface area contributed by atoms with Crippen LogP contribution in [0.15, 0.2) is 87.8 Å². The lowest BCUT2D eigenvalue weighted by Gasteiger charge is -2.10. The van der Waals surface area contributed by atoms with Crippen LogP contribution in [0.1, 0.15) is 11.1 Å². The molecule has 0 fully saturated rings. The molecule has 2 aromatic heterocycles. The number of hydrogen-bond acceptors (Lipinski definition) is 6. The molecule has 0 unspecified atom stereocenters. The van der Waals surface area contributed by atoms with E-state index in [9.17, 15) is 4.79 Å². The zero-order valence-electron chi connectivity index (χ0n) is 17.1. The van der Waals surface area contributed by atoms with E-state index in [2.05, 4.69) is 41.6 Å². The first kappa shape index (κ1) is 21.9. The molecule has 0 aliphatic rings. The number of hydrogen-bond donors (Lipinski definition) is 1. The Morgan fingerprint density at radius 3 is 2.50 bits per heavy atom. The minimum absolute atomic E-state index is 0.149. The summed E-state index contributed by atoms with van der Waals surface area (Å²) in [4.78, 5) is 16.4. The molecule has 4 rings (SSSR count). The number of benzene rings is 2. The van der Waals surface area contributed by atoms with Gasteiger partial charge in [0, 0.05) is 28.1 Å². The smallest absolute Gasteiger partial charge is 0.250 e. The Bertz CT molecular complexity index is 1220. The second-order valence-electron chi connectivity index (χ2n) is 6.85. The van der Waals surface area contributed by atoms with E-state index < -0.39 is 0 Å². The van der Waals surface area contributed by atoms with E-state index in [0.29, 0.717) is 11.0 Å². The van der Waals surface area contributed by atoms with E-state index in [1.165, 1.54) is 17.3 Å². The lowest BCUT2D eigenvalue weighted by atomic mass is 10.2. The van der Waals surface area contributed by atoms with Crippen LogP contribution in [0.2, 0.25) is 0 Å². The van der Waals surface area contributed by atoms with Crippen molar-refractivity contribution in [3.8, 4) is 17.1 Å². The lowest BCUT2D eigenvalue weighted by molar-refractivity contribution is -0.118. The van der Waals surface area contributed by atoms with Gasteiger partial charge in [0.25, 0.3) is 5.91 Å². The van der Waals surface area contributed by atoms with Gasteiger partial charge in [-0.1, -0.05) is 57.5 Å². The van der Waals surface area contributed by atoms with E-state index in [0.717, 1.165) is 21.3 Å². The van der Waals surface area contributed by atoms with Crippen LogP contribution in [0, 0.1) is 6.92 Å². The summed E-state index contributed by atoms with van der Waals surface area (Å²) in [5.41, 5.74) is 6.42. The molecular formula is C23H19BrN6OS. The van der Waals surface area contributed by atoms with Gasteiger partial charge < -0.3 is 0 Å². The Hall–Kier alpha value is -3.30. The molecule has 0 bridgehead atoms. The van der Waals surface area contributed by atoms with Crippen LogP contribution in [-0.4, -0.2) is 37.6 Å². The molecule has 0 saturated heterocycles. The third-order valence-corrected chi connectivity index (χ3v) is 5.93. The second-order valence-corrected chi connectivity index (χ2v) is 8.70. The third-order valence-electron chi connectivity index (χ3n) is 4.47. The van der Waals surface area contributed by atoms with Gasteiger partial charge >= 0.3 is 0 Å². The Morgan fingerprint density at radius 1 is 1.06 bits per heavy atom. The van der Waals surface area contributed by atoms with Crippen molar-refractivity contribution in [1.29, 1.82) is 0 Å². The first-order chi connectivity index (χ1) is 15.6. The van der Waals surface area contributed by atoms with Crippen molar-refractivity contribution < 1.29 is 4.79 Å². The van der Waals surface area contributed by atoms with Crippen LogP contribution >= 0.6 is 27.7 Å². The molecule has 2 aromatic carbocycles. The van der Waals surface area contributed by atoms with Gasteiger partial charge in [-0.15, -0.1) is 10.2 Å². The minimum Gasteiger partial charge on any atom is -0.272 e. The highest BCUT2D eigenvalue weighted by Crippen LogP contribution is 2.28. The summed E-state index contributed by atoms with van der Waals surface area (Å²) < 4.78 is 2.90. The number of nitrogens with one attached hydrogen (secondary N) is 1. The molecule has 7 nitrogen and oxygen atoms in total. The number of carbonyl (C=O) groups is 1.